The van der Waals surface area contributed by atoms with Gasteiger partial charge in [-0.05, 0) is 79.4 Å². The average molecular weight is 469 g/mol. The van der Waals surface area contributed by atoms with E-state index in [-0.39, 0.29) is 5.69 Å². The van der Waals surface area contributed by atoms with Crippen molar-refractivity contribution in [3.63, 3.8) is 0 Å². The van der Waals surface area contributed by atoms with Crippen molar-refractivity contribution in [3.8, 4) is 0 Å². The fraction of sp³-hybridized carbons (Fsp3) is 0.143. The second kappa shape index (κ2) is 10.3. The number of hydrogen-bond donors (Lipinski definition) is 1. The van der Waals surface area contributed by atoms with E-state index >= 15 is 0 Å². The molecule has 0 saturated heterocycles. The Morgan fingerprint density at radius 3 is 2.29 bits per heavy atom. The molecule has 2 amide bonds. The van der Waals surface area contributed by atoms with Crippen molar-refractivity contribution in [2.45, 2.75) is 26.8 Å². The molecule has 0 spiro atoms. The van der Waals surface area contributed by atoms with Crippen molar-refractivity contribution in [3.05, 3.63) is 119 Å². The maximum Gasteiger partial charge on any atom is 0.279 e. The summed E-state index contributed by atoms with van der Waals surface area (Å²) in [5, 5.41) is 2.84. The minimum absolute atomic E-state index is 0.110. The van der Waals surface area contributed by atoms with Gasteiger partial charge in [-0.3, -0.25) is 19.5 Å². The van der Waals surface area contributed by atoms with Gasteiger partial charge >= 0.3 is 0 Å². The van der Waals surface area contributed by atoms with Crippen molar-refractivity contribution >= 4 is 23.2 Å². The Morgan fingerprint density at radius 1 is 0.886 bits per heavy atom. The highest BCUT2D eigenvalue weighted by Crippen LogP contribution is 2.33. The number of aromatic nitrogens is 2. The molecule has 0 fully saturated rings. The highest BCUT2D eigenvalue weighted by atomic mass is 19.1. The summed E-state index contributed by atoms with van der Waals surface area (Å²) < 4.78 is 13.4. The van der Waals surface area contributed by atoms with Crippen molar-refractivity contribution in [2.24, 2.45) is 0 Å². The summed E-state index contributed by atoms with van der Waals surface area (Å²) in [5.74, 6) is -1.32. The molecule has 1 aromatic heterocycles. The number of nitrogens with one attached hydrogen (secondary N) is 1. The molecule has 0 aliphatic rings. The lowest BCUT2D eigenvalue weighted by Gasteiger charge is -2.32. The van der Waals surface area contributed by atoms with Gasteiger partial charge in [0.15, 0.2) is 0 Å². The summed E-state index contributed by atoms with van der Waals surface area (Å²) >= 11 is 0. The first kappa shape index (κ1) is 23.8. The molecule has 0 unspecified atom stereocenters. The number of nitrogens with zero attached hydrogens (tertiary/aromatic N) is 3. The van der Waals surface area contributed by atoms with Gasteiger partial charge in [0.25, 0.3) is 11.8 Å². The maximum absolute atomic E-state index is 13.9. The first-order valence-corrected chi connectivity index (χ1v) is 11.1. The van der Waals surface area contributed by atoms with Gasteiger partial charge in [-0.25, -0.2) is 9.37 Å². The van der Waals surface area contributed by atoms with Crippen LogP contribution >= 0.6 is 0 Å². The molecule has 7 heteroatoms. The van der Waals surface area contributed by atoms with E-state index in [1.54, 1.807) is 0 Å². The number of aryl methyl sites for hydroxylation is 3. The molecule has 1 atom stereocenters. The second-order valence-electron chi connectivity index (χ2n) is 8.29. The van der Waals surface area contributed by atoms with Crippen LogP contribution in [0.2, 0.25) is 0 Å². The fourth-order valence-electron chi connectivity index (χ4n) is 3.83. The Labute approximate surface area is 203 Å². The number of rotatable bonds is 6. The summed E-state index contributed by atoms with van der Waals surface area (Å²) in [6.07, 6.45) is 4.30. The number of anilines is 2. The monoisotopic (exact) mass is 468 g/mol. The van der Waals surface area contributed by atoms with Crippen molar-refractivity contribution in [2.75, 3.05) is 10.2 Å². The van der Waals surface area contributed by atoms with Crippen molar-refractivity contribution in [1.82, 2.24) is 9.97 Å². The third kappa shape index (κ3) is 5.24. The van der Waals surface area contributed by atoms with Crippen LogP contribution in [0.25, 0.3) is 0 Å². The first-order valence-electron chi connectivity index (χ1n) is 11.1. The number of halogens is 1. The van der Waals surface area contributed by atoms with Crippen LogP contribution in [0.15, 0.2) is 85.3 Å². The largest absolute Gasteiger partial charge is 0.324 e. The molecule has 0 bridgehead atoms. The average Bonchev–Trinajstić information content (AvgIpc) is 2.86. The summed E-state index contributed by atoms with van der Waals surface area (Å²) in [4.78, 5) is 37.4. The Morgan fingerprint density at radius 2 is 1.63 bits per heavy atom. The van der Waals surface area contributed by atoms with Gasteiger partial charge in [0, 0.05) is 23.8 Å². The zero-order valence-electron chi connectivity index (χ0n) is 19.7. The lowest BCUT2D eigenvalue weighted by Crippen LogP contribution is -2.42. The van der Waals surface area contributed by atoms with Crippen molar-refractivity contribution in [1.29, 1.82) is 0 Å². The molecule has 0 aliphatic heterocycles. The van der Waals surface area contributed by atoms with Crippen LogP contribution in [-0.2, 0) is 4.79 Å². The van der Waals surface area contributed by atoms with Gasteiger partial charge in [-0.15, -0.1) is 0 Å². The normalized spacial score (nSPS) is 11.5. The zero-order valence-corrected chi connectivity index (χ0v) is 19.7. The van der Waals surface area contributed by atoms with Crippen LogP contribution in [0, 0.1) is 26.6 Å². The maximum atomic E-state index is 13.9. The third-order valence-corrected chi connectivity index (χ3v) is 5.87. The molecule has 35 heavy (non-hydrogen) atoms. The molecule has 4 rings (SSSR count). The predicted octanol–water partition coefficient (Wildman–Crippen LogP) is 5.57. The molecular weight excluding hydrogens is 443 g/mol. The Hall–Kier alpha value is -4.39. The Bertz CT molecular complexity index is 1360. The number of amides is 2. The van der Waals surface area contributed by atoms with Gasteiger partial charge < -0.3 is 5.32 Å². The number of carbonyl (C=O) groups is 2. The molecule has 1 N–H and O–H groups in total. The summed E-state index contributed by atoms with van der Waals surface area (Å²) in [6, 6.07) is 17.5. The van der Waals surface area contributed by atoms with Crippen molar-refractivity contribution < 1.29 is 14.0 Å². The van der Waals surface area contributed by atoms with E-state index in [1.165, 1.54) is 47.8 Å². The lowest BCUT2D eigenvalue weighted by molar-refractivity contribution is -0.117. The zero-order chi connectivity index (χ0) is 24.9. The van der Waals surface area contributed by atoms with E-state index in [0.29, 0.717) is 16.9 Å². The molecule has 0 aliphatic carbocycles. The number of carbonyl (C=O) groups excluding carboxylic acids is 2. The van der Waals surface area contributed by atoms with Crippen LogP contribution in [0.1, 0.15) is 38.8 Å². The minimum atomic E-state index is -1.03. The van der Waals surface area contributed by atoms with Crippen LogP contribution < -0.4 is 10.2 Å². The number of hydrogen-bond acceptors (Lipinski definition) is 4. The topological polar surface area (TPSA) is 75.2 Å². The molecule has 0 radical (unpaired) electrons. The highest BCUT2D eigenvalue weighted by molar-refractivity contribution is 6.11. The molecule has 4 aromatic rings. The van der Waals surface area contributed by atoms with E-state index in [2.05, 4.69) is 15.3 Å². The molecule has 3 aromatic carbocycles. The quantitative estimate of drug-likeness (QED) is 0.402. The summed E-state index contributed by atoms with van der Waals surface area (Å²) in [5.41, 5.74) is 4.60. The minimum Gasteiger partial charge on any atom is -0.324 e. The molecule has 6 nitrogen and oxygen atoms in total. The number of benzene rings is 3. The lowest BCUT2D eigenvalue weighted by atomic mass is 9.97. The van der Waals surface area contributed by atoms with Crippen LogP contribution in [0.4, 0.5) is 15.8 Å². The van der Waals surface area contributed by atoms with Gasteiger partial charge in [0.1, 0.15) is 17.6 Å². The molecule has 0 saturated carbocycles. The SMILES string of the molecule is Cc1ccc(N(C(=O)c2cnccn2)[C@H](C(=O)Nc2ccc(F)cc2)c2ccccc2C)cc1C. The van der Waals surface area contributed by atoms with Gasteiger partial charge in [0.2, 0.25) is 0 Å². The van der Waals surface area contributed by atoms with Gasteiger partial charge in [0.05, 0.1) is 6.20 Å². The first-order chi connectivity index (χ1) is 16.8. The summed E-state index contributed by atoms with van der Waals surface area (Å²) in [7, 11) is 0. The van der Waals surface area contributed by atoms with Crippen LogP contribution in [0.5, 0.6) is 0 Å². The highest BCUT2D eigenvalue weighted by Gasteiger charge is 2.35. The van der Waals surface area contributed by atoms with E-state index in [1.807, 2.05) is 63.2 Å². The second-order valence-corrected chi connectivity index (χ2v) is 8.29. The van der Waals surface area contributed by atoms with Gasteiger partial charge in [-0.2, -0.15) is 0 Å². The van der Waals surface area contributed by atoms with E-state index in [4.69, 9.17) is 0 Å². The smallest absolute Gasteiger partial charge is 0.279 e. The Kier molecular flexibility index (Phi) is 6.96. The van der Waals surface area contributed by atoms with Crippen LogP contribution in [-0.4, -0.2) is 21.8 Å². The van der Waals surface area contributed by atoms with E-state index < -0.39 is 23.7 Å². The Balaban J connectivity index is 1.88. The summed E-state index contributed by atoms with van der Waals surface area (Å²) in [6.45, 7) is 5.82. The third-order valence-electron chi connectivity index (χ3n) is 5.87. The van der Waals surface area contributed by atoms with E-state index in [9.17, 15) is 14.0 Å². The molecular formula is C28H25FN4O2. The molecule has 1 heterocycles. The van der Waals surface area contributed by atoms with E-state index in [0.717, 1.165) is 16.7 Å². The predicted molar refractivity (Wildman–Crippen MR) is 134 cm³/mol. The molecule has 176 valence electrons. The van der Waals surface area contributed by atoms with Gasteiger partial charge in [-0.1, -0.05) is 30.3 Å². The standard InChI is InChI=1S/C28H25FN4O2/c1-18-8-13-23(16-20(18)3)33(28(35)25-17-30-14-15-31-25)26(24-7-5-4-6-19(24)2)27(34)32-22-11-9-21(29)10-12-22/h4-17,26H,1-3H3,(H,32,34)/t26-/m0/s1. The van der Waals surface area contributed by atoms with Crippen LogP contribution in [0.3, 0.4) is 0 Å². The fourth-order valence-corrected chi connectivity index (χ4v) is 3.83.